The number of esters is 2. The SMILES string of the molecule is CC(=O)Oc1ccc2c(c1)Oc1cc(OC(C)=O)ccc1C21OCc2ccccc21. The molecule has 0 unspecified atom stereocenters. The lowest BCUT2D eigenvalue weighted by molar-refractivity contribution is -0.132. The topological polar surface area (TPSA) is 71.1 Å². The smallest absolute Gasteiger partial charge is 0.308 e. The van der Waals surface area contributed by atoms with E-state index in [-0.39, 0.29) is 0 Å². The van der Waals surface area contributed by atoms with Crippen LogP contribution < -0.4 is 14.2 Å². The van der Waals surface area contributed by atoms with Crippen LogP contribution in [0.5, 0.6) is 23.0 Å². The van der Waals surface area contributed by atoms with Crippen molar-refractivity contribution in [1.82, 2.24) is 0 Å². The minimum Gasteiger partial charge on any atom is -0.456 e. The van der Waals surface area contributed by atoms with Crippen LogP contribution in [0, 0.1) is 0 Å². The van der Waals surface area contributed by atoms with Gasteiger partial charge in [0.1, 0.15) is 23.0 Å². The second-order valence-electron chi connectivity index (χ2n) is 7.23. The van der Waals surface area contributed by atoms with Crippen LogP contribution in [0.3, 0.4) is 0 Å². The quantitative estimate of drug-likeness (QED) is 0.465. The molecule has 6 heteroatoms. The molecular weight excluding hydrogens is 384 g/mol. The Balaban J connectivity index is 1.73. The molecule has 2 aliphatic rings. The molecule has 1 spiro atoms. The van der Waals surface area contributed by atoms with Crippen LogP contribution in [-0.2, 0) is 26.5 Å². The monoisotopic (exact) mass is 402 g/mol. The Kier molecular flexibility index (Phi) is 4.11. The molecule has 6 nitrogen and oxygen atoms in total. The fourth-order valence-corrected chi connectivity index (χ4v) is 4.18. The number of fused-ring (bicyclic) bond motifs is 6. The zero-order chi connectivity index (χ0) is 20.9. The highest BCUT2D eigenvalue weighted by Crippen LogP contribution is 2.57. The van der Waals surface area contributed by atoms with E-state index in [4.69, 9.17) is 18.9 Å². The summed E-state index contributed by atoms with van der Waals surface area (Å²) in [5, 5.41) is 0. The number of benzene rings is 3. The number of carbonyl (C=O) groups is 2. The molecule has 0 saturated carbocycles. The third kappa shape index (κ3) is 2.76. The van der Waals surface area contributed by atoms with Crippen molar-refractivity contribution in [1.29, 1.82) is 0 Å². The van der Waals surface area contributed by atoms with Crippen molar-refractivity contribution in [3.05, 3.63) is 82.9 Å². The molecule has 0 radical (unpaired) electrons. The fourth-order valence-electron chi connectivity index (χ4n) is 4.18. The molecule has 0 aliphatic carbocycles. The predicted octanol–water partition coefficient (Wildman–Crippen LogP) is 4.47. The van der Waals surface area contributed by atoms with Crippen LogP contribution in [0.15, 0.2) is 60.7 Å². The van der Waals surface area contributed by atoms with Crippen LogP contribution >= 0.6 is 0 Å². The van der Waals surface area contributed by atoms with Gasteiger partial charge in [0, 0.05) is 37.1 Å². The van der Waals surface area contributed by atoms with Gasteiger partial charge < -0.3 is 18.9 Å². The normalized spacial score (nSPS) is 14.9. The van der Waals surface area contributed by atoms with Gasteiger partial charge in [0.25, 0.3) is 0 Å². The molecule has 2 heterocycles. The third-order valence-corrected chi connectivity index (χ3v) is 5.25. The molecule has 5 rings (SSSR count). The molecule has 2 aliphatic heterocycles. The highest BCUT2D eigenvalue weighted by Gasteiger charge is 2.49. The number of ether oxygens (including phenoxy) is 4. The van der Waals surface area contributed by atoms with Gasteiger partial charge in [0.2, 0.25) is 0 Å². The maximum Gasteiger partial charge on any atom is 0.308 e. The van der Waals surface area contributed by atoms with E-state index in [1.165, 1.54) is 13.8 Å². The Morgan fingerprint density at radius 2 is 1.37 bits per heavy atom. The molecule has 0 bridgehead atoms. The van der Waals surface area contributed by atoms with Gasteiger partial charge in [0.15, 0.2) is 5.60 Å². The standard InChI is InChI=1S/C24H18O6/c1-14(25)28-17-7-9-20-22(11-17)30-23-12-18(29-15(2)26)8-10-21(23)24(20)19-6-4-3-5-16(19)13-27-24/h3-12H,13H2,1-2H3. The summed E-state index contributed by atoms with van der Waals surface area (Å²) in [6.45, 7) is 3.14. The first-order valence-electron chi connectivity index (χ1n) is 9.53. The second-order valence-corrected chi connectivity index (χ2v) is 7.23. The number of carbonyl (C=O) groups excluding carboxylic acids is 2. The van der Waals surface area contributed by atoms with Crippen LogP contribution in [0.2, 0.25) is 0 Å². The lowest BCUT2D eigenvalue weighted by Crippen LogP contribution is -2.32. The molecule has 0 fully saturated rings. The highest BCUT2D eigenvalue weighted by molar-refractivity contribution is 5.72. The third-order valence-electron chi connectivity index (χ3n) is 5.25. The van der Waals surface area contributed by atoms with E-state index < -0.39 is 17.5 Å². The summed E-state index contributed by atoms with van der Waals surface area (Å²) in [6.07, 6.45) is 0. The molecule has 0 atom stereocenters. The summed E-state index contributed by atoms with van der Waals surface area (Å²) < 4.78 is 23.1. The second kappa shape index (κ2) is 6.71. The van der Waals surface area contributed by atoms with Crippen LogP contribution in [-0.4, -0.2) is 11.9 Å². The van der Waals surface area contributed by atoms with Gasteiger partial charge in [-0.15, -0.1) is 0 Å². The predicted molar refractivity (Wildman–Crippen MR) is 107 cm³/mol. The van der Waals surface area contributed by atoms with E-state index in [1.807, 2.05) is 36.4 Å². The van der Waals surface area contributed by atoms with Gasteiger partial charge in [-0.3, -0.25) is 9.59 Å². The number of rotatable bonds is 2. The Morgan fingerprint density at radius 1 is 0.800 bits per heavy atom. The Labute approximate surface area is 173 Å². The zero-order valence-corrected chi connectivity index (χ0v) is 16.4. The van der Waals surface area contributed by atoms with Gasteiger partial charge >= 0.3 is 11.9 Å². The molecule has 3 aromatic carbocycles. The average Bonchev–Trinajstić information content (AvgIpc) is 3.07. The minimum absolute atomic E-state index is 0.377. The molecule has 0 N–H and O–H groups in total. The van der Waals surface area contributed by atoms with E-state index in [0.717, 1.165) is 22.3 Å². The Morgan fingerprint density at radius 3 is 1.93 bits per heavy atom. The lowest BCUT2D eigenvalue weighted by Gasteiger charge is -2.37. The zero-order valence-electron chi connectivity index (χ0n) is 16.4. The summed E-state index contributed by atoms with van der Waals surface area (Å²) in [5.74, 6) is 0.946. The first-order valence-corrected chi connectivity index (χ1v) is 9.53. The molecule has 3 aromatic rings. The molecule has 0 aromatic heterocycles. The van der Waals surface area contributed by atoms with Crippen molar-refractivity contribution in [3.8, 4) is 23.0 Å². The van der Waals surface area contributed by atoms with E-state index in [9.17, 15) is 9.59 Å². The average molecular weight is 402 g/mol. The van der Waals surface area contributed by atoms with E-state index in [1.54, 1.807) is 24.3 Å². The first-order chi connectivity index (χ1) is 14.5. The van der Waals surface area contributed by atoms with Gasteiger partial charge in [-0.2, -0.15) is 0 Å². The lowest BCUT2D eigenvalue weighted by atomic mass is 9.77. The molecular formula is C24H18O6. The number of hydrogen-bond donors (Lipinski definition) is 0. The van der Waals surface area contributed by atoms with Crippen molar-refractivity contribution in [2.45, 2.75) is 26.1 Å². The van der Waals surface area contributed by atoms with Crippen LogP contribution in [0.25, 0.3) is 0 Å². The highest BCUT2D eigenvalue weighted by atomic mass is 16.5. The van der Waals surface area contributed by atoms with Crippen molar-refractivity contribution >= 4 is 11.9 Å². The summed E-state index contributed by atoms with van der Waals surface area (Å²) in [4.78, 5) is 22.8. The maximum atomic E-state index is 11.4. The summed E-state index contributed by atoms with van der Waals surface area (Å²) in [5.41, 5.74) is 2.87. The molecule has 150 valence electrons. The van der Waals surface area contributed by atoms with E-state index in [2.05, 4.69) is 0 Å². The van der Waals surface area contributed by atoms with Crippen molar-refractivity contribution < 1.29 is 28.5 Å². The van der Waals surface area contributed by atoms with Crippen LogP contribution in [0.4, 0.5) is 0 Å². The summed E-state index contributed by atoms with van der Waals surface area (Å²) in [7, 11) is 0. The molecule has 30 heavy (non-hydrogen) atoms. The van der Waals surface area contributed by atoms with E-state index in [0.29, 0.717) is 29.6 Å². The van der Waals surface area contributed by atoms with Gasteiger partial charge in [-0.25, -0.2) is 0 Å². The molecule has 0 saturated heterocycles. The van der Waals surface area contributed by atoms with Crippen molar-refractivity contribution in [2.75, 3.05) is 0 Å². The van der Waals surface area contributed by atoms with Crippen molar-refractivity contribution in [3.63, 3.8) is 0 Å². The van der Waals surface area contributed by atoms with E-state index >= 15 is 0 Å². The number of hydrogen-bond acceptors (Lipinski definition) is 6. The fraction of sp³-hybridized carbons (Fsp3) is 0.167. The largest absolute Gasteiger partial charge is 0.456 e. The summed E-state index contributed by atoms with van der Waals surface area (Å²) in [6, 6.07) is 18.6. The van der Waals surface area contributed by atoms with Gasteiger partial charge in [0.05, 0.1) is 6.61 Å². The minimum atomic E-state index is -0.872. The maximum absolute atomic E-state index is 11.4. The van der Waals surface area contributed by atoms with Crippen molar-refractivity contribution in [2.24, 2.45) is 0 Å². The first kappa shape index (κ1) is 18.4. The Hall–Kier alpha value is -3.64. The van der Waals surface area contributed by atoms with Gasteiger partial charge in [-0.1, -0.05) is 24.3 Å². The summed E-state index contributed by atoms with van der Waals surface area (Å²) >= 11 is 0. The molecule has 0 amide bonds. The Bertz CT molecular complexity index is 1130. The van der Waals surface area contributed by atoms with Gasteiger partial charge in [-0.05, 0) is 35.4 Å². The van der Waals surface area contributed by atoms with Crippen LogP contribution in [0.1, 0.15) is 36.1 Å².